The molecule has 4 heteroatoms. The summed E-state index contributed by atoms with van der Waals surface area (Å²) in [4.78, 5) is 11.9. The van der Waals surface area contributed by atoms with Crippen molar-refractivity contribution in [2.24, 2.45) is 11.7 Å². The van der Waals surface area contributed by atoms with E-state index in [1.165, 1.54) is 0 Å². The van der Waals surface area contributed by atoms with Crippen LogP contribution in [0.15, 0.2) is 30.3 Å². The average molecular weight is 259 g/mol. The number of carbonyl (C=O) groups excluding carboxylic acids is 1. The number of unbranched alkanes of at least 4 members (excludes halogenated alkanes) is 2. The minimum atomic E-state index is -0.291. The lowest BCUT2D eigenvalue weighted by molar-refractivity contribution is -0.125. The summed E-state index contributed by atoms with van der Waals surface area (Å²) in [6, 6.07) is 11.4. The maximum absolute atomic E-state index is 11.9. The number of benzene rings is 1. The summed E-state index contributed by atoms with van der Waals surface area (Å²) in [5.74, 6) is -0.299. The fraction of sp³-hybridized carbons (Fsp3) is 0.467. The van der Waals surface area contributed by atoms with Crippen LogP contribution in [-0.2, 0) is 4.79 Å². The van der Waals surface area contributed by atoms with Crippen LogP contribution in [0, 0.1) is 17.2 Å². The number of hydrogen-bond donors (Lipinski definition) is 2. The van der Waals surface area contributed by atoms with Crippen molar-refractivity contribution >= 4 is 5.91 Å². The smallest absolute Gasteiger partial charge is 0.224 e. The van der Waals surface area contributed by atoms with Crippen molar-refractivity contribution in [3.63, 3.8) is 0 Å². The minimum Gasteiger partial charge on any atom is -0.356 e. The van der Waals surface area contributed by atoms with Crippen LogP contribution in [0.1, 0.15) is 37.8 Å². The first-order chi connectivity index (χ1) is 9.16. The summed E-state index contributed by atoms with van der Waals surface area (Å²) in [7, 11) is 0. The van der Waals surface area contributed by atoms with Gasteiger partial charge in [-0.2, -0.15) is 5.26 Å². The van der Waals surface area contributed by atoms with Crippen molar-refractivity contribution in [1.29, 1.82) is 5.26 Å². The highest BCUT2D eigenvalue weighted by molar-refractivity contribution is 5.79. The predicted molar refractivity (Wildman–Crippen MR) is 75.0 cm³/mol. The largest absolute Gasteiger partial charge is 0.356 e. The molecule has 1 rings (SSSR count). The lowest BCUT2D eigenvalue weighted by Crippen LogP contribution is -2.36. The molecular weight excluding hydrogens is 238 g/mol. The average Bonchev–Trinajstić information content (AvgIpc) is 2.46. The van der Waals surface area contributed by atoms with E-state index in [4.69, 9.17) is 11.0 Å². The first-order valence-electron chi connectivity index (χ1n) is 6.62. The summed E-state index contributed by atoms with van der Waals surface area (Å²) in [5, 5.41) is 11.3. The first-order valence-corrected chi connectivity index (χ1v) is 6.62. The molecule has 2 unspecified atom stereocenters. The topological polar surface area (TPSA) is 78.9 Å². The number of nitriles is 1. The summed E-state index contributed by atoms with van der Waals surface area (Å²) >= 11 is 0. The quantitative estimate of drug-likeness (QED) is 0.736. The Kier molecular flexibility index (Phi) is 6.62. The number of rotatable bonds is 7. The van der Waals surface area contributed by atoms with Crippen molar-refractivity contribution in [2.45, 2.75) is 32.2 Å². The Morgan fingerprint density at radius 1 is 1.37 bits per heavy atom. The van der Waals surface area contributed by atoms with Crippen molar-refractivity contribution in [2.75, 3.05) is 6.54 Å². The molecule has 0 aliphatic rings. The highest BCUT2D eigenvalue weighted by Crippen LogP contribution is 2.18. The maximum Gasteiger partial charge on any atom is 0.224 e. The highest BCUT2D eigenvalue weighted by atomic mass is 16.1. The standard InChI is InChI=1S/C15H21N3O/c1-12(14(17)13-8-4-2-5-9-13)15(19)18-11-7-3-6-10-16/h2,4-5,8-9,12,14H,3,6-7,11,17H2,1H3,(H,18,19). The van der Waals surface area contributed by atoms with Crippen molar-refractivity contribution in [3.8, 4) is 6.07 Å². The Morgan fingerprint density at radius 3 is 2.68 bits per heavy atom. The molecule has 0 heterocycles. The van der Waals surface area contributed by atoms with E-state index >= 15 is 0 Å². The third-order valence-electron chi connectivity index (χ3n) is 3.15. The molecule has 1 aromatic carbocycles. The molecule has 3 N–H and O–H groups in total. The molecule has 0 saturated carbocycles. The number of hydrogen-bond acceptors (Lipinski definition) is 3. The molecule has 0 radical (unpaired) electrons. The number of carbonyl (C=O) groups is 1. The van der Waals surface area contributed by atoms with Gasteiger partial charge in [-0.05, 0) is 18.4 Å². The molecule has 0 aliphatic carbocycles. The lowest BCUT2D eigenvalue weighted by atomic mass is 9.94. The zero-order valence-electron chi connectivity index (χ0n) is 11.3. The lowest BCUT2D eigenvalue weighted by Gasteiger charge is -2.19. The van der Waals surface area contributed by atoms with Gasteiger partial charge in [0.15, 0.2) is 0 Å². The van der Waals surface area contributed by atoms with Crippen LogP contribution >= 0.6 is 0 Å². The molecule has 4 nitrogen and oxygen atoms in total. The Labute approximate surface area is 114 Å². The molecular formula is C15H21N3O. The van der Waals surface area contributed by atoms with Gasteiger partial charge < -0.3 is 11.1 Å². The predicted octanol–water partition coefficient (Wildman–Crippen LogP) is 2.13. The second kappa shape index (κ2) is 8.28. The summed E-state index contributed by atoms with van der Waals surface area (Å²) in [6.45, 7) is 2.44. The Bertz CT molecular complexity index is 425. The number of nitrogens with one attached hydrogen (secondary N) is 1. The minimum absolute atomic E-state index is 0.0340. The van der Waals surface area contributed by atoms with Gasteiger partial charge in [-0.25, -0.2) is 0 Å². The molecule has 0 bridgehead atoms. The summed E-state index contributed by atoms with van der Waals surface area (Å²) < 4.78 is 0. The van der Waals surface area contributed by atoms with Crippen LogP contribution in [0.3, 0.4) is 0 Å². The van der Waals surface area contributed by atoms with Gasteiger partial charge in [0.2, 0.25) is 5.91 Å². The molecule has 102 valence electrons. The first kappa shape index (κ1) is 15.2. The van der Waals surface area contributed by atoms with E-state index in [9.17, 15) is 4.79 Å². The second-order valence-corrected chi connectivity index (χ2v) is 4.63. The van der Waals surface area contributed by atoms with Gasteiger partial charge in [-0.3, -0.25) is 4.79 Å². The van der Waals surface area contributed by atoms with Gasteiger partial charge in [0.25, 0.3) is 0 Å². The van der Waals surface area contributed by atoms with Crippen LogP contribution in [0.4, 0.5) is 0 Å². The molecule has 0 saturated heterocycles. The van der Waals surface area contributed by atoms with Crippen LogP contribution in [0.25, 0.3) is 0 Å². The van der Waals surface area contributed by atoms with E-state index in [2.05, 4.69) is 11.4 Å². The van der Waals surface area contributed by atoms with Gasteiger partial charge in [-0.1, -0.05) is 37.3 Å². The van der Waals surface area contributed by atoms with Crippen molar-refractivity contribution in [3.05, 3.63) is 35.9 Å². The van der Waals surface area contributed by atoms with Crippen molar-refractivity contribution in [1.82, 2.24) is 5.32 Å². The van der Waals surface area contributed by atoms with Gasteiger partial charge in [-0.15, -0.1) is 0 Å². The van der Waals surface area contributed by atoms with Gasteiger partial charge >= 0.3 is 0 Å². The monoisotopic (exact) mass is 259 g/mol. The van der Waals surface area contributed by atoms with E-state index < -0.39 is 0 Å². The van der Waals surface area contributed by atoms with Crippen LogP contribution < -0.4 is 11.1 Å². The van der Waals surface area contributed by atoms with E-state index in [-0.39, 0.29) is 17.9 Å². The van der Waals surface area contributed by atoms with Crippen LogP contribution in [0.2, 0.25) is 0 Å². The molecule has 2 atom stereocenters. The number of nitrogens with two attached hydrogens (primary N) is 1. The van der Waals surface area contributed by atoms with E-state index in [0.29, 0.717) is 13.0 Å². The third kappa shape index (κ3) is 5.11. The zero-order chi connectivity index (χ0) is 14.1. The van der Waals surface area contributed by atoms with Gasteiger partial charge in [0.1, 0.15) is 0 Å². The highest BCUT2D eigenvalue weighted by Gasteiger charge is 2.21. The molecule has 0 aromatic heterocycles. The van der Waals surface area contributed by atoms with Gasteiger partial charge in [0.05, 0.1) is 12.0 Å². The van der Waals surface area contributed by atoms with Crippen LogP contribution in [-0.4, -0.2) is 12.5 Å². The zero-order valence-corrected chi connectivity index (χ0v) is 11.3. The molecule has 1 amide bonds. The van der Waals surface area contributed by atoms with Crippen molar-refractivity contribution < 1.29 is 4.79 Å². The third-order valence-corrected chi connectivity index (χ3v) is 3.15. The Hall–Kier alpha value is -1.86. The van der Waals surface area contributed by atoms with Gasteiger partial charge in [0, 0.05) is 19.0 Å². The number of amides is 1. The molecule has 1 aromatic rings. The van der Waals surface area contributed by atoms with E-state index in [1.807, 2.05) is 37.3 Å². The normalized spacial score (nSPS) is 13.3. The Morgan fingerprint density at radius 2 is 2.05 bits per heavy atom. The number of nitrogens with zero attached hydrogens (tertiary/aromatic N) is 1. The van der Waals surface area contributed by atoms with E-state index in [0.717, 1.165) is 18.4 Å². The fourth-order valence-corrected chi connectivity index (χ4v) is 1.83. The molecule has 0 aliphatic heterocycles. The summed E-state index contributed by atoms with van der Waals surface area (Å²) in [5.41, 5.74) is 7.05. The molecule has 19 heavy (non-hydrogen) atoms. The molecule has 0 spiro atoms. The maximum atomic E-state index is 11.9. The SMILES string of the molecule is CC(C(=O)NCCCCC#N)C(N)c1ccccc1. The van der Waals surface area contributed by atoms with Crippen LogP contribution in [0.5, 0.6) is 0 Å². The second-order valence-electron chi connectivity index (χ2n) is 4.63. The van der Waals surface area contributed by atoms with E-state index in [1.54, 1.807) is 0 Å². The Balaban J connectivity index is 2.38. The molecule has 0 fully saturated rings. The summed E-state index contributed by atoms with van der Waals surface area (Å²) in [6.07, 6.45) is 2.18. The fourth-order valence-electron chi connectivity index (χ4n) is 1.83.